The van der Waals surface area contributed by atoms with Gasteiger partial charge >= 0.3 is 0 Å². The minimum atomic E-state index is 1.05. The van der Waals surface area contributed by atoms with Crippen molar-refractivity contribution in [1.82, 2.24) is 0 Å². The Morgan fingerprint density at radius 1 is 0.938 bits per heavy atom. The van der Waals surface area contributed by atoms with Crippen LogP contribution in [0.4, 0.5) is 0 Å². The van der Waals surface area contributed by atoms with Gasteiger partial charge in [0.15, 0.2) is 0 Å². The summed E-state index contributed by atoms with van der Waals surface area (Å²) in [5.74, 6) is 0. The number of hydrogen-bond donors (Lipinski definition) is 0. The van der Waals surface area contributed by atoms with Gasteiger partial charge in [-0.1, -0.05) is 64.0 Å². The maximum absolute atomic E-state index is 4.25. The molecule has 0 spiro atoms. The first kappa shape index (κ1) is 20.1. The maximum Gasteiger partial charge on any atom is 0.0351 e. The molecule has 0 radical (unpaired) electrons. The van der Waals surface area contributed by atoms with E-state index in [0.717, 1.165) is 11.1 Å². The topological polar surface area (TPSA) is 9.23 Å². The third kappa shape index (κ3) is 12.7. The Kier molecular flexibility index (Phi) is 24.2. The van der Waals surface area contributed by atoms with Crippen LogP contribution in [0, 0.1) is 0 Å². The van der Waals surface area contributed by atoms with Gasteiger partial charge in [-0.25, -0.2) is 0 Å². The van der Waals surface area contributed by atoms with Gasteiger partial charge < -0.3 is 4.74 Å². The third-order valence-corrected chi connectivity index (χ3v) is 1.38. The van der Waals surface area contributed by atoms with Crippen molar-refractivity contribution in [3.8, 4) is 0 Å². The van der Waals surface area contributed by atoms with Crippen LogP contribution in [-0.4, -0.2) is 14.2 Å². The van der Waals surface area contributed by atoms with Gasteiger partial charge in [-0.3, -0.25) is 0 Å². The van der Waals surface area contributed by atoms with Crippen molar-refractivity contribution >= 4 is 0 Å². The molecule has 92 valence electrons. The summed E-state index contributed by atoms with van der Waals surface area (Å²) in [5, 5.41) is 0. The molecular formula is C15H26O. The van der Waals surface area contributed by atoms with Gasteiger partial charge in [-0.05, 0) is 18.1 Å². The fourth-order valence-electron chi connectivity index (χ4n) is 0.811. The fraction of sp³-hybridized carbons (Fsp3) is 0.333. The molecule has 1 nitrogen and oxygen atoms in total. The van der Waals surface area contributed by atoms with E-state index in [1.54, 1.807) is 32.4 Å². The van der Waals surface area contributed by atoms with Crippen LogP contribution in [-0.2, 0) is 4.74 Å². The lowest BCUT2D eigenvalue weighted by Gasteiger charge is -1.99. The van der Waals surface area contributed by atoms with Gasteiger partial charge in [0, 0.05) is 14.2 Å². The minimum Gasteiger partial charge on any atom is -0.388 e. The van der Waals surface area contributed by atoms with E-state index in [0.29, 0.717) is 0 Å². The van der Waals surface area contributed by atoms with Crippen molar-refractivity contribution < 1.29 is 4.74 Å². The van der Waals surface area contributed by atoms with Crippen molar-refractivity contribution in [2.45, 2.75) is 20.8 Å². The highest BCUT2D eigenvalue weighted by Crippen LogP contribution is 2.11. The molecule has 0 saturated carbocycles. The highest BCUT2D eigenvalue weighted by molar-refractivity contribution is 5.46. The van der Waals surface area contributed by atoms with Crippen LogP contribution in [0.5, 0.6) is 0 Å². The lowest BCUT2D eigenvalue weighted by molar-refractivity contribution is 0.277. The monoisotopic (exact) mass is 222 g/mol. The quantitative estimate of drug-likeness (QED) is 0.626. The molecule has 0 aliphatic heterocycles. The number of ether oxygens (including phenoxy) is 1. The largest absolute Gasteiger partial charge is 0.388 e. The van der Waals surface area contributed by atoms with Crippen molar-refractivity contribution in [1.29, 1.82) is 0 Å². The van der Waals surface area contributed by atoms with Crippen LogP contribution in [0.1, 0.15) is 20.8 Å². The molecule has 0 amide bonds. The minimum absolute atomic E-state index is 1.05. The summed E-state index contributed by atoms with van der Waals surface area (Å²) in [4.78, 5) is 0. The number of allylic oxidation sites excluding steroid dienone is 7. The predicted octanol–water partition coefficient (Wildman–Crippen LogP) is 4.71. The van der Waals surface area contributed by atoms with E-state index in [-0.39, 0.29) is 0 Å². The zero-order valence-corrected chi connectivity index (χ0v) is 11.4. The summed E-state index contributed by atoms with van der Waals surface area (Å²) in [6, 6.07) is 0. The first-order chi connectivity index (χ1) is 7.71. The molecule has 0 unspecified atom stereocenters. The van der Waals surface area contributed by atoms with Crippen LogP contribution in [0.25, 0.3) is 0 Å². The highest BCUT2D eigenvalue weighted by Gasteiger charge is 1.91. The second kappa shape index (κ2) is 19.3. The molecule has 0 saturated heterocycles. The third-order valence-electron chi connectivity index (χ3n) is 1.38. The van der Waals surface area contributed by atoms with Crippen molar-refractivity contribution in [3.05, 3.63) is 61.3 Å². The summed E-state index contributed by atoms with van der Waals surface area (Å²) in [6.07, 6.45) is 9.23. The molecule has 0 rings (SSSR count). The molecular weight excluding hydrogens is 196 g/mol. The van der Waals surface area contributed by atoms with E-state index in [4.69, 9.17) is 0 Å². The summed E-state index contributed by atoms with van der Waals surface area (Å²) in [6.45, 7) is 17.0. The Morgan fingerprint density at radius 2 is 1.31 bits per heavy atom. The molecule has 0 atom stereocenters. The molecule has 0 bridgehead atoms. The van der Waals surface area contributed by atoms with Gasteiger partial charge in [0.2, 0.25) is 0 Å². The van der Waals surface area contributed by atoms with Gasteiger partial charge in [-0.15, -0.1) is 0 Å². The number of hydrogen-bond acceptors (Lipinski definition) is 1. The molecule has 1 heteroatoms. The number of methoxy groups -OCH3 is 1. The molecule has 0 aromatic rings. The average molecular weight is 222 g/mol. The molecule has 0 heterocycles. The standard InChI is InChI=1S/C11H14.C2H6O.C2H6/c1-5-9-11(8-4)10(6-2)7-3;1-3-2;1-2/h5-9H,1-2,4H2,3H3;1-2H3;1-2H3/b10-7-,11-9-;;. The molecule has 0 aromatic carbocycles. The van der Waals surface area contributed by atoms with Crippen LogP contribution in [0.3, 0.4) is 0 Å². The molecule has 0 aliphatic carbocycles. The van der Waals surface area contributed by atoms with Crippen molar-refractivity contribution in [2.24, 2.45) is 0 Å². The Labute approximate surface area is 102 Å². The van der Waals surface area contributed by atoms with E-state index < -0.39 is 0 Å². The van der Waals surface area contributed by atoms with E-state index >= 15 is 0 Å². The van der Waals surface area contributed by atoms with Gasteiger partial charge in [-0.2, -0.15) is 0 Å². The van der Waals surface area contributed by atoms with Gasteiger partial charge in [0.25, 0.3) is 0 Å². The van der Waals surface area contributed by atoms with Gasteiger partial charge in [0.05, 0.1) is 0 Å². The average Bonchev–Trinajstić information content (AvgIpc) is 2.33. The predicted molar refractivity (Wildman–Crippen MR) is 76.7 cm³/mol. The molecule has 0 fully saturated rings. The second-order valence-corrected chi connectivity index (χ2v) is 2.42. The first-order valence-corrected chi connectivity index (χ1v) is 5.36. The zero-order valence-electron chi connectivity index (χ0n) is 11.4. The second-order valence-electron chi connectivity index (χ2n) is 2.42. The summed E-state index contributed by atoms with van der Waals surface area (Å²) in [7, 11) is 3.25. The summed E-state index contributed by atoms with van der Waals surface area (Å²) in [5.41, 5.74) is 2.14. The molecule has 0 N–H and O–H groups in total. The smallest absolute Gasteiger partial charge is 0.0351 e. The van der Waals surface area contributed by atoms with E-state index in [1.165, 1.54) is 0 Å². The summed E-state index contributed by atoms with van der Waals surface area (Å²) < 4.78 is 4.25. The fourth-order valence-corrected chi connectivity index (χ4v) is 0.811. The van der Waals surface area contributed by atoms with Crippen molar-refractivity contribution in [3.63, 3.8) is 0 Å². The molecule has 0 aliphatic rings. The zero-order chi connectivity index (χ0) is 13.4. The SMILES string of the molecule is C=C/C=C(C=C)\C(C=C)=C/C.CC.COC. The molecule has 0 aromatic heterocycles. The highest BCUT2D eigenvalue weighted by atomic mass is 16.4. The Balaban J connectivity index is -0.000000289. The lowest BCUT2D eigenvalue weighted by Crippen LogP contribution is -1.79. The van der Waals surface area contributed by atoms with Crippen LogP contribution >= 0.6 is 0 Å². The Morgan fingerprint density at radius 3 is 1.50 bits per heavy atom. The van der Waals surface area contributed by atoms with E-state index in [1.807, 2.05) is 32.9 Å². The normalized spacial score (nSPS) is 10.1. The number of rotatable bonds is 4. The molecule has 16 heavy (non-hydrogen) atoms. The van der Waals surface area contributed by atoms with E-state index in [9.17, 15) is 0 Å². The lowest BCUT2D eigenvalue weighted by atomic mass is 10.1. The van der Waals surface area contributed by atoms with Crippen LogP contribution in [0.2, 0.25) is 0 Å². The Hall–Kier alpha value is -1.34. The van der Waals surface area contributed by atoms with Crippen LogP contribution < -0.4 is 0 Å². The summed E-state index contributed by atoms with van der Waals surface area (Å²) >= 11 is 0. The van der Waals surface area contributed by atoms with Crippen molar-refractivity contribution in [2.75, 3.05) is 14.2 Å². The first-order valence-electron chi connectivity index (χ1n) is 5.36. The Bertz CT molecular complexity index is 232. The maximum atomic E-state index is 4.25. The van der Waals surface area contributed by atoms with Gasteiger partial charge in [0.1, 0.15) is 0 Å². The van der Waals surface area contributed by atoms with Crippen LogP contribution in [0.15, 0.2) is 61.3 Å². The van der Waals surface area contributed by atoms with E-state index in [2.05, 4.69) is 24.5 Å².